The maximum atomic E-state index is 5.86. The summed E-state index contributed by atoms with van der Waals surface area (Å²) in [7, 11) is 0. The average molecular weight is 292 g/mol. The van der Waals surface area contributed by atoms with Gasteiger partial charge >= 0.3 is 0 Å². The van der Waals surface area contributed by atoms with Crippen LogP contribution < -0.4 is 0 Å². The summed E-state index contributed by atoms with van der Waals surface area (Å²) in [6.07, 6.45) is 7.00. The van der Waals surface area contributed by atoms with Crippen molar-refractivity contribution in [2.45, 2.75) is 64.0 Å². The summed E-state index contributed by atoms with van der Waals surface area (Å²) < 4.78 is 8.17. The first-order valence-electron chi connectivity index (χ1n) is 8.28. The predicted molar refractivity (Wildman–Crippen MR) is 82.4 cm³/mol. The molecule has 1 saturated carbocycles. The van der Waals surface area contributed by atoms with Gasteiger partial charge in [0, 0.05) is 25.0 Å². The summed E-state index contributed by atoms with van der Waals surface area (Å²) in [6.45, 7) is 10.5. The highest BCUT2D eigenvalue weighted by Gasteiger charge is 2.31. The van der Waals surface area contributed by atoms with E-state index in [1.807, 2.05) is 6.33 Å². The van der Waals surface area contributed by atoms with Gasteiger partial charge in [-0.1, -0.05) is 0 Å². The summed E-state index contributed by atoms with van der Waals surface area (Å²) in [6, 6.07) is 0.676. The van der Waals surface area contributed by atoms with E-state index in [1.165, 1.54) is 38.1 Å². The minimum Gasteiger partial charge on any atom is -0.375 e. The summed E-state index contributed by atoms with van der Waals surface area (Å²) in [5.74, 6) is 1.75. The second-order valence-corrected chi connectivity index (χ2v) is 7.43. The van der Waals surface area contributed by atoms with Gasteiger partial charge in [-0.2, -0.15) is 0 Å². The first-order chi connectivity index (χ1) is 10.0. The molecule has 2 aliphatic rings. The van der Waals surface area contributed by atoms with Crippen molar-refractivity contribution in [3.05, 3.63) is 12.2 Å². The van der Waals surface area contributed by atoms with E-state index in [2.05, 4.69) is 40.4 Å². The minimum absolute atomic E-state index is 0.0403. The van der Waals surface area contributed by atoms with Gasteiger partial charge in [-0.3, -0.25) is 0 Å². The maximum absolute atomic E-state index is 5.86. The molecule has 1 aliphatic heterocycles. The number of piperidine rings is 1. The Morgan fingerprint density at radius 1 is 1.29 bits per heavy atom. The van der Waals surface area contributed by atoms with Crippen LogP contribution in [0, 0.1) is 0 Å². The van der Waals surface area contributed by atoms with Crippen LogP contribution in [-0.2, 0) is 4.74 Å². The fourth-order valence-corrected chi connectivity index (χ4v) is 3.13. The molecule has 0 radical (unpaired) electrons. The highest BCUT2D eigenvalue weighted by atomic mass is 16.5. The van der Waals surface area contributed by atoms with Crippen LogP contribution in [0.25, 0.3) is 0 Å². The van der Waals surface area contributed by atoms with Crippen molar-refractivity contribution in [1.82, 2.24) is 19.7 Å². The predicted octanol–water partition coefficient (Wildman–Crippen LogP) is 2.61. The highest BCUT2D eigenvalue weighted by Crippen LogP contribution is 2.38. The monoisotopic (exact) mass is 292 g/mol. The highest BCUT2D eigenvalue weighted by molar-refractivity contribution is 5.03. The van der Waals surface area contributed by atoms with Crippen LogP contribution in [0.15, 0.2) is 6.33 Å². The van der Waals surface area contributed by atoms with E-state index in [4.69, 9.17) is 4.74 Å². The van der Waals surface area contributed by atoms with Gasteiger partial charge in [-0.25, -0.2) is 0 Å². The number of hydrogen-bond donors (Lipinski definition) is 0. The Hall–Kier alpha value is -0.940. The molecule has 3 rings (SSSR count). The first-order valence-corrected chi connectivity index (χ1v) is 8.28. The van der Waals surface area contributed by atoms with Crippen molar-refractivity contribution in [2.75, 3.05) is 26.2 Å². The van der Waals surface area contributed by atoms with Crippen LogP contribution in [0.4, 0.5) is 0 Å². The summed E-state index contributed by atoms with van der Waals surface area (Å²) in [5, 5.41) is 8.56. The van der Waals surface area contributed by atoms with E-state index in [1.54, 1.807) is 0 Å². The number of rotatable bonds is 5. The topological polar surface area (TPSA) is 43.2 Å². The largest absolute Gasteiger partial charge is 0.375 e. The zero-order chi connectivity index (χ0) is 14.9. The Bertz CT molecular complexity index is 461. The number of likely N-dealkylation sites (tertiary alicyclic amines) is 1. The molecule has 1 atom stereocenters. The van der Waals surface area contributed by atoms with Crippen LogP contribution in [0.1, 0.15) is 64.2 Å². The quantitative estimate of drug-likeness (QED) is 0.836. The molecule has 0 spiro atoms. The van der Waals surface area contributed by atoms with E-state index < -0.39 is 0 Å². The Morgan fingerprint density at radius 3 is 2.81 bits per heavy atom. The van der Waals surface area contributed by atoms with Gasteiger partial charge in [0.2, 0.25) is 0 Å². The van der Waals surface area contributed by atoms with E-state index in [9.17, 15) is 0 Å². The van der Waals surface area contributed by atoms with Crippen molar-refractivity contribution in [3.8, 4) is 0 Å². The lowest BCUT2D eigenvalue weighted by molar-refractivity contribution is -0.0156. The van der Waals surface area contributed by atoms with Crippen LogP contribution >= 0.6 is 0 Å². The molecule has 2 heterocycles. The van der Waals surface area contributed by atoms with Crippen molar-refractivity contribution < 1.29 is 4.74 Å². The molecule has 1 aromatic heterocycles. The zero-order valence-electron chi connectivity index (χ0n) is 13.6. The van der Waals surface area contributed by atoms with Crippen LogP contribution in [0.2, 0.25) is 0 Å². The molecule has 1 aliphatic carbocycles. The number of hydrogen-bond acceptors (Lipinski definition) is 4. The molecule has 1 unspecified atom stereocenters. The van der Waals surface area contributed by atoms with Gasteiger partial charge in [0.25, 0.3) is 0 Å². The van der Waals surface area contributed by atoms with Crippen LogP contribution in [-0.4, -0.2) is 51.5 Å². The third-order valence-corrected chi connectivity index (χ3v) is 4.35. The molecular weight excluding hydrogens is 264 g/mol. The Kier molecular flexibility index (Phi) is 4.31. The van der Waals surface area contributed by atoms with Crippen LogP contribution in [0.5, 0.6) is 0 Å². The minimum atomic E-state index is -0.0403. The van der Waals surface area contributed by atoms with Crippen molar-refractivity contribution in [1.29, 1.82) is 0 Å². The standard InChI is InChI=1S/C16H28N4O/c1-16(2,3)21-10-9-19-8-4-5-13(11-19)15-18-17-12-20(15)14-6-7-14/h12-14H,4-11H2,1-3H3. The van der Waals surface area contributed by atoms with Crippen molar-refractivity contribution in [3.63, 3.8) is 0 Å². The molecule has 0 N–H and O–H groups in total. The molecule has 0 amide bonds. The molecule has 118 valence electrons. The number of nitrogens with zero attached hydrogens (tertiary/aromatic N) is 4. The van der Waals surface area contributed by atoms with E-state index in [-0.39, 0.29) is 5.60 Å². The van der Waals surface area contributed by atoms with E-state index in [0.29, 0.717) is 12.0 Å². The number of ether oxygens (including phenoxy) is 1. The Balaban J connectivity index is 1.54. The molecule has 5 heteroatoms. The molecule has 21 heavy (non-hydrogen) atoms. The third kappa shape index (κ3) is 4.04. The second kappa shape index (κ2) is 6.05. The third-order valence-electron chi connectivity index (χ3n) is 4.35. The van der Waals surface area contributed by atoms with Gasteiger partial charge in [-0.15, -0.1) is 10.2 Å². The van der Waals surface area contributed by atoms with Gasteiger partial charge in [0.1, 0.15) is 12.2 Å². The van der Waals surface area contributed by atoms with Gasteiger partial charge in [-0.05, 0) is 53.0 Å². The molecule has 0 aromatic carbocycles. The smallest absolute Gasteiger partial charge is 0.137 e. The molecule has 0 bridgehead atoms. The van der Waals surface area contributed by atoms with Crippen molar-refractivity contribution >= 4 is 0 Å². The maximum Gasteiger partial charge on any atom is 0.137 e. The van der Waals surface area contributed by atoms with Gasteiger partial charge in [0.05, 0.1) is 12.2 Å². The SMILES string of the molecule is CC(C)(C)OCCN1CCCC(c2nncn2C2CC2)C1. The molecule has 1 aromatic rings. The lowest BCUT2D eigenvalue weighted by atomic mass is 9.97. The summed E-state index contributed by atoms with van der Waals surface area (Å²) in [5.41, 5.74) is -0.0403. The van der Waals surface area contributed by atoms with E-state index >= 15 is 0 Å². The average Bonchev–Trinajstić information content (AvgIpc) is 3.15. The Morgan fingerprint density at radius 2 is 2.10 bits per heavy atom. The van der Waals surface area contributed by atoms with E-state index in [0.717, 1.165) is 19.7 Å². The Labute approximate surface area is 127 Å². The lowest BCUT2D eigenvalue weighted by Crippen LogP contribution is -2.38. The van der Waals surface area contributed by atoms with Crippen molar-refractivity contribution in [2.24, 2.45) is 0 Å². The fraction of sp³-hybridized carbons (Fsp3) is 0.875. The molecule has 1 saturated heterocycles. The lowest BCUT2D eigenvalue weighted by Gasteiger charge is -2.33. The van der Waals surface area contributed by atoms with Gasteiger partial charge in [0.15, 0.2) is 0 Å². The summed E-state index contributed by atoms with van der Waals surface area (Å²) >= 11 is 0. The zero-order valence-corrected chi connectivity index (χ0v) is 13.6. The van der Waals surface area contributed by atoms with Crippen LogP contribution in [0.3, 0.4) is 0 Å². The first kappa shape index (κ1) is 15.0. The fourth-order valence-electron chi connectivity index (χ4n) is 3.13. The normalized spacial score (nSPS) is 24.4. The van der Waals surface area contributed by atoms with Gasteiger partial charge < -0.3 is 14.2 Å². The molecular formula is C16H28N4O. The summed E-state index contributed by atoms with van der Waals surface area (Å²) in [4.78, 5) is 2.52. The molecule has 2 fully saturated rings. The second-order valence-electron chi connectivity index (χ2n) is 7.43. The molecule has 5 nitrogen and oxygen atoms in total. The number of aromatic nitrogens is 3.